The normalized spacial score (nSPS) is 10.5. The van der Waals surface area contributed by atoms with Crippen LogP contribution in [-0.4, -0.2) is 36.7 Å². The maximum atomic E-state index is 12.3. The summed E-state index contributed by atoms with van der Waals surface area (Å²) < 4.78 is 16.0. The molecule has 3 aromatic carbocycles. The van der Waals surface area contributed by atoms with Crippen molar-refractivity contribution in [1.29, 1.82) is 0 Å². The smallest absolute Gasteiger partial charge is 0.343 e. The molecule has 0 aliphatic carbocycles. The van der Waals surface area contributed by atoms with E-state index in [1.807, 2.05) is 25.1 Å². The zero-order valence-electron chi connectivity index (χ0n) is 18.4. The number of nitrogens with zero attached hydrogens (tertiary/aromatic N) is 2. The lowest BCUT2D eigenvalue weighted by Gasteiger charge is -2.10. The van der Waals surface area contributed by atoms with Crippen LogP contribution in [0.1, 0.15) is 21.5 Å². The number of hydrogen-bond donors (Lipinski definition) is 1. The Kier molecular flexibility index (Phi) is 7.90. The molecular formula is C24H21N3O7. The predicted octanol–water partition coefficient (Wildman–Crippen LogP) is 3.66. The fourth-order valence-electron chi connectivity index (χ4n) is 2.79. The van der Waals surface area contributed by atoms with Gasteiger partial charge in [0.05, 0.1) is 23.8 Å². The van der Waals surface area contributed by atoms with Crippen molar-refractivity contribution < 1.29 is 28.7 Å². The van der Waals surface area contributed by atoms with E-state index in [0.717, 1.165) is 5.56 Å². The van der Waals surface area contributed by atoms with Crippen molar-refractivity contribution >= 4 is 23.8 Å². The van der Waals surface area contributed by atoms with Crippen LogP contribution in [0.3, 0.4) is 0 Å². The molecule has 34 heavy (non-hydrogen) atoms. The Bertz CT molecular complexity index is 1220. The van der Waals surface area contributed by atoms with Gasteiger partial charge in [-0.3, -0.25) is 14.9 Å². The van der Waals surface area contributed by atoms with E-state index in [1.165, 1.54) is 43.7 Å². The summed E-state index contributed by atoms with van der Waals surface area (Å²) in [6.07, 6.45) is 1.40. The first-order chi connectivity index (χ1) is 16.4. The second kappa shape index (κ2) is 11.2. The van der Waals surface area contributed by atoms with Crippen molar-refractivity contribution in [2.24, 2.45) is 5.10 Å². The monoisotopic (exact) mass is 463 g/mol. The Morgan fingerprint density at radius 3 is 2.50 bits per heavy atom. The van der Waals surface area contributed by atoms with Crippen LogP contribution in [0.25, 0.3) is 0 Å². The number of ether oxygens (including phenoxy) is 3. The first kappa shape index (κ1) is 23.9. The van der Waals surface area contributed by atoms with E-state index in [2.05, 4.69) is 10.5 Å². The highest BCUT2D eigenvalue weighted by Gasteiger charge is 2.14. The summed E-state index contributed by atoms with van der Waals surface area (Å²) >= 11 is 0. The van der Waals surface area contributed by atoms with Crippen molar-refractivity contribution in [1.82, 2.24) is 5.43 Å². The number of nitro benzene ring substituents is 1. The van der Waals surface area contributed by atoms with E-state index in [-0.39, 0.29) is 29.4 Å². The van der Waals surface area contributed by atoms with Gasteiger partial charge in [-0.1, -0.05) is 12.1 Å². The Morgan fingerprint density at radius 2 is 1.82 bits per heavy atom. The second-order valence-corrected chi connectivity index (χ2v) is 7.00. The highest BCUT2D eigenvalue weighted by molar-refractivity contribution is 5.92. The third-order valence-corrected chi connectivity index (χ3v) is 4.47. The topological polar surface area (TPSA) is 129 Å². The molecule has 0 saturated carbocycles. The number of aryl methyl sites for hydroxylation is 1. The molecule has 10 nitrogen and oxygen atoms in total. The first-order valence-electron chi connectivity index (χ1n) is 10.0. The third kappa shape index (κ3) is 6.63. The summed E-state index contributed by atoms with van der Waals surface area (Å²) in [5.41, 5.74) is 3.98. The lowest BCUT2D eigenvalue weighted by Crippen LogP contribution is -2.24. The fourth-order valence-corrected chi connectivity index (χ4v) is 2.79. The van der Waals surface area contributed by atoms with Crippen molar-refractivity contribution in [3.8, 4) is 17.2 Å². The number of rotatable bonds is 9. The van der Waals surface area contributed by atoms with Crippen LogP contribution in [0.4, 0.5) is 5.69 Å². The van der Waals surface area contributed by atoms with Crippen molar-refractivity contribution in [2.75, 3.05) is 13.7 Å². The third-order valence-electron chi connectivity index (χ3n) is 4.47. The van der Waals surface area contributed by atoms with Crippen molar-refractivity contribution in [3.05, 3.63) is 93.5 Å². The molecule has 0 aromatic heterocycles. The van der Waals surface area contributed by atoms with Crippen LogP contribution in [0.2, 0.25) is 0 Å². The number of non-ortho nitro benzene ring substituents is 1. The van der Waals surface area contributed by atoms with Gasteiger partial charge in [0.2, 0.25) is 0 Å². The quantitative estimate of drug-likeness (QED) is 0.169. The van der Waals surface area contributed by atoms with E-state index < -0.39 is 16.8 Å². The number of benzene rings is 3. The van der Waals surface area contributed by atoms with Crippen LogP contribution in [-0.2, 0) is 4.79 Å². The molecule has 1 amide bonds. The van der Waals surface area contributed by atoms with Crippen LogP contribution < -0.4 is 19.6 Å². The molecule has 0 saturated heterocycles. The highest BCUT2D eigenvalue weighted by Crippen LogP contribution is 2.28. The molecule has 10 heteroatoms. The zero-order chi connectivity index (χ0) is 24.5. The molecular weight excluding hydrogens is 442 g/mol. The molecule has 0 heterocycles. The standard InChI is InChI=1S/C24H21N3O7/c1-16-4-3-5-20(12-16)33-15-23(28)26-25-14-17-6-11-21(22(13-17)32-2)34-24(29)18-7-9-19(10-8-18)27(30)31/h3-14H,15H2,1-2H3,(H,26,28)/b25-14+. The van der Waals surface area contributed by atoms with Crippen molar-refractivity contribution in [2.45, 2.75) is 6.92 Å². The van der Waals surface area contributed by atoms with Gasteiger partial charge in [-0.05, 0) is 60.5 Å². The van der Waals surface area contributed by atoms with Gasteiger partial charge in [0, 0.05) is 12.1 Å². The molecule has 0 atom stereocenters. The number of nitro groups is 1. The maximum Gasteiger partial charge on any atom is 0.343 e. The average molecular weight is 463 g/mol. The lowest BCUT2D eigenvalue weighted by atomic mass is 10.2. The molecule has 0 bridgehead atoms. The van der Waals surface area contributed by atoms with Gasteiger partial charge in [0.1, 0.15) is 5.75 Å². The maximum absolute atomic E-state index is 12.3. The van der Waals surface area contributed by atoms with E-state index >= 15 is 0 Å². The minimum Gasteiger partial charge on any atom is -0.493 e. The van der Waals surface area contributed by atoms with Gasteiger partial charge in [-0.2, -0.15) is 5.10 Å². The van der Waals surface area contributed by atoms with E-state index in [4.69, 9.17) is 14.2 Å². The SMILES string of the molecule is COc1cc(/C=N/NC(=O)COc2cccc(C)c2)ccc1OC(=O)c1ccc([N+](=O)[O-])cc1. The average Bonchev–Trinajstić information content (AvgIpc) is 2.83. The summed E-state index contributed by atoms with van der Waals surface area (Å²) in [7, 11) is 1.41. The summed E-state index contributed by atoms with van der Waals surface area (Å²) in [4.78, 5) is 34.4. The summed E-state index contributed by atoms with van der Waals surface area (Å²) in [6.45, 7) is 1.73. The Hall–Kier alpha value is -4.73. The zero-order valence-corrected chi connectivity index (χ0v) is 18.4. The van der Waals surface area contributed by atoms with Crippen molar-refractivity contribution in [3.63, 3.8) is 0 Å². The largest absolute Gasteiger partial charge is 0.493 e. The van der Waals surface area contributed by atoms with Gasteiger partial charge < -0.3 is 14.2 Å². The Morgan fingerprint density at radius 1 is 1.06 bits per heavy atom. The number of esters is 1. The molecule has 174 valence electrons. The van der Waals surface area contributed by atoms with Crippen LogP contribution in [0.5, 0.6) is 17.2 Å². The Balaban J connectivity index is 1.57. The molecule has 0 unspecified atom stereocenters. The highest BCUT2D eigenvalue weighted by atomic mass is 16.6. The van der Waals surface area contributed by atoms with Gasteiger partial charge in [0.15, 0.2) is 18.1 Å². The van der Waals surface area contributed by atoms with Gasteiger partial charge in [-0.25, -0.2) is 10.2 Å². The minimum absolute atomic E-state index is 0.133. The molecule has 0 fully saturated rings. The molecule has 0 radical (unpaired) electrons. The summed E-state index contributed by atoms with van der Waals surface area (Å²) in [5.74, 6) is -0.136. The number of hydrogen-bond acceptors (Lipinski definition) is 8. The molecule has 1 N–H and O–H groups in total. The molecule has 3 rings (SSSR count). The minimum atomic E-state index is -0.699. The number of carbonyl (C=O) groups is 2. The predicted molar refractivity (Wildman–Crippen MR) is 123 cm³/mol. The van der Waals surface area contributed by atoms with E-state index in [9.17, 15) is 19.7 Å². The number of carbonyl (C=O) groups excluding carboxylic acids is 2. The van der Waals surface area contributed by atoms with Gasteiger partial charge in [0.25, 0.3) is 11.6 Å². The number of amides is 1. The summed E-state index contributed by atoms with van der Waals surface area (Å²) in [6, 6.07) is 17.1. The molecule has 0 aliphatic heterocycles. The van der Waals surface area contributed by atoms with Crippen LogP contribution >= 0.6 is 0 Å². The first-order valence-corrected chi connectivity index (χ1v) is 10.0. The molecule has 0 spiro atoms. The Labute approximate surface area is 194 Å². The van der Waals surface area contributed by atoms with Gasteiger partial charge >= 0.3 is 5.97 Å². The molecule has 3 aromatic rings. The second-order valence-electron chi connectivity index (χ2n) is 7.00. The molecule has 0 aliphatic rings. The van der Waals surface area contributed by atoms with E-state index in [1.54, 1.807) is 18.2 Å². The van der Waals surface area contributed by atoms with E-state index in [0.29, 0.717) is 11.3 Å². The number of methoxy groups -OCH3 is 1. The number of nitrogens with one attached hydrogen (secondary N) is 1. The fraction of sp³-hybridized carbons (Fsp3) is 0.125. The van der Waals surface area contributed by atoms with Crippen LogP contribution in [0, 0.1) is 17.0 Å². The summed E-state index contributed by atoms with van der Waals surface area (Å²) in [5, 5.41) is 14.6. The number of hydrazone groups is 1. The van der Waals surface area contributed by atoms with Gasteiger partial charge in [-0.15, -0.1) is 0 Å². The lowest BCUT2D eigenvalue weighted by molar-refractivity contribution is -0.384. The van der Waals surface area contributed by atoms with Crippen LogP contribution in [0.15, 0.2) is 71.8 Å².